The smallest absolute Gasteiger partial charge is 0.250 e. The van der Waals surface area contributed by atoms with Crippen LogP contribution in [0.2, 0.25) is 0 Å². The van der Waals surface area contributed by atoms with E-state index in [0.29, 0.717) is 11.3 Å². The molecule has 0 aliphatic heterocycles. The van der Waals surface area contributed by atoms with Gasteiger partial charge in [0.2, 0.25) is 0 Å². The Kier molecular flexibility index (Phi) is 6.04. The number of anilines is 1. The summed E-state index contributed by atoms with van der Waals surface area (Å²) in [7, 11) is 0. The number of primary amides is 1. The molecule has 0 heterocycles. The van der Waals surface area contributed by atoms with Crippen molar-refractivity contribution >= 4 is 11.6 Å². The van der Waals surface area contributed by atoms with Crippen LogP contribution in [0, 0.1) is 0 Å². The average molecular weight is 272 g/mol. The molecule has 0 aliphatic rings. The van der Waals surface area contributed by atoms with Crippen molar-refractivity contribution in [2.45, 2.75) is 40.0 Å². The second kappa shape index (κ2) is 7.53. The number of para-hydroxylation sites is 1. The van der Waals surface area contributed by atoms with Gasteiger partial charge in [0.1, 0.15) is 0 Å². The monoisotopic (exact) mass is 272 g/mol. The third-order valence-electron chi connectivity index (χ3n) is 3.22. The molecule has 0 radical (unpaired) electrons. The average Bonchev–Trinajstić information content (AvgIpc) is 2.36. The van der Waals surface area contributed by atoms with Crippen molar-refractivity contribution in [3.05, 3.63) is 52.6 Å². The topological polar surface area (TPSA) is 69.1 Å². The Labute approximate surface area is 121 Å². The summed E-state index contributed by atoms with van der Waals surface area (Å²) in [6.45, 7) is 6.33. The first-order chi connectivity index (χ1) is 9.41. The minimum atomic E-state index is -0.478. The van der Waals surface area contributed by atoms with Gasteiger partial charge >= 0.3 is 0 Å². The fraction of sp³-hybridized carbons (Fsp3) is 0.353. The molecule has 20 heavy (non-hydrogen) atoms. The predicted molar refractivity (Wildman–Crippen MR) is 85.5 cm³/mol. The van der Waals surface area contributed by atoms with Crippen molar-refractivity contribution < 1.29 is 4.79 Å². The molecule has 1 amide bonds. The van der Waals surface area contributed by atoms with Crippen LogP contribution in [0.25, 0.3) is 0 Å². The molecule has 108 valence electrons. The van der Waals surface area contributed by atoms with Gasteiger partial charge < -0.3 is 11.5 Å². The maximum atomic E-state index is 11.2. The number of nitrogens with two attached hydrogens (primary N) is 2. The third kappa shape index (κ3) is 4.92. The van der Waals surface area contributed by atoms with E-state index >= 15 is 0 Å². The highest BCUT2D eigenvalue weighted by molar-refractivity contribution is 5.98. The lowest BCUT2D eigenvalue weighted by atomic mass is 10.0. The summed E-state index contributed by atoms with van der Waals surface area (Å²) in [6.07, 6.45) is 7.23. The Bertz CT molecular complexity index is 538. The van der Waals surface area contributed by atoms with Crippen molar-refractivity contribution in [3.63, 3.8) is 0 Å². The van der Waals surface area contributed by atoms with E-state index in [-0.39, 0.29) is 0 Å². The summed E-state index contributed by atoms with van der Waals surface area (Å²) < 4.78 is 0. The zero-order valence-electron chi connectivity index (χ0n) is 12.6. The second-order valence-corrected chi connectivity index (χ2v) is 5.32. The highest BCUT2D eigenvalue weighted by Gasteiger charge is 2.08. The quantitative estimate of drug-likeness (QED) is 0.613. The largest absolute Gasteiger partial charge is 0.398 e. The normalized spacial score (nSPS) is 11.2. The van der Waals surface area contributed by atoms with E-state index in [1.807, 2.05) is 12.1 Å². The first kappa shape index (κ1) is 16.0. The molecule has 1 rings (SSSR count). The van der Waals surface area contributed by atoms with Gasteiger partial charge in [0.05, 0.1) is 5.56 Å². The Morgan fingerprint density at radius 1 is 1.20 bits per heavy atom. The van der Waals surface area contributed by atoms with Crippen molar-refractivity contribution in [2.24, 2.45) is 5.73 Å². The van der Waals surface area contributed by atoms with Crippen LogP contribution >= 0.6 is 0 Å². The number of allylic oxidation sites excluding steroid dienone is 4. The van der Waals surface area contributed by atoms with Crippen LogP contribution in [0.1, 0.15) is 49.5 Å². The van der Waals surface area contributed by atoms with Gasteiger partial charge in [-0.1, -0.05) is 35.4 Å². The molecule has 0 bridgehead atoms. The van der Waals surface area contributed by atoms with E-state index in [9.17, 15) is 4.79 Å². The highest BCUT2D eigenvalue weighted by Crippen LogP contribution is 2.19. The number of carbonyl (C=O) groups excluding carboxylic acids is 1. The van der Waals surface area contributed by atoms with E-state index in [0.717, 1.165) is 24.8 Å². The van der Waals surface area contributed by atoms with Gasteiger partial charge in [-0.2, -0.15) is 0 Å². The third-order valence-corrected chi connectivity index (χ3v) is 3.22. The standard InChI is InChI=1S/C17H24N2O/c1-12(2)6-4-7-13(3)10-11-14-8-5-9-15(16(14)18)17(19)20/h5-6,8-10H,4,7,11,18H2,1-3H3,(H2,19,20)/b13-10+. The summed E-state index contributed by atoms with van der Waals surface area (Å²) >= 11 is 0. The van der Waals surface area contributed by atoms with Gasteiger partial charge in [0, 0.05) is 5.69 Å². The highest BCUT2D eigenvalue weighted by atomic mass is 16.1. The van der Waals surface area contributed by atoms with E-state index < -0.39 is 5.91 Å². The number of nitrogen functional groups attached to an aromatic ring is 1. The van der Waals surface area contributed by atoms with Gasteiger partial charge in [-0.25, -0.2) is 0 Å². The molecule has 0 spiro atoms. The van der Waals surface area contributed by atoms with Crippen molar-refractivity contribution in [2.75, 3.05) is 5.73 Å². The second-order valence-electron chi connectivity index (χ2n) is 5.32. The van der Waals surface area contributed by atoms with Crippen LogP contribution in [0.15, 0.2) is 41.5 Å². The molecule has 3 heteroatoms. The number of benzene rings is 1. The minimum absolute atomic E-state index is 0.401. The molecule has 0 aliphatic carbocycles. The number of rotatable bonds is 6. The number of amides is 1. The van der Waals surface area contributed by atoms with Gasteiger partial charge in [-0.15, -0.1) is 0 Å². The number of hydrogen-bond donors (Lipinski definition) is 2. The molecule has 0 unspecified atom stereocenters. The summed E-state index contributed by atoms with van der Waals surface area (Å²) in [5.41, 5.74) is 15.8. The summed E-state index contributed by atoms with van der Waals surface area (Å²) in [4.78, 5) is 11.2. The molecule has 0 fully saturated rings. The minimum Gasteiger partial charge on any atom is -0.398 e. The van der Waals surface area contributed by atoms with E-state index in [1.54, 1.807) is 6.07 Å². The Balaban J connectivity index is 2.72. The lowest BCUT2D eigenvalue weighted by Crippen LogP contribution is -2.14. The SMILES string of the molecule is CC(C)=CCC/C(C)=C/Cc1cccc(C(N)=O)c1N. The van der Waals surface area contributed by atoms with Gasteiger partial charge in [-0.05, 0) is 51.7 Å². The first-order valence-electron chi connectivity index (χ1n) is 6.88. The van der Waals surface area contributed by atoms with E-state index in [2.05, 4.69) is 32.9 Å². The van der Waals surface area contributed by atoms with Crippen LogP contribution in [0.4, 0.5) is 5.69 Å². The Morgan fingerprint density at radius 2 is 1.90 bits per heavy atom. The lowest BCUT2D eigenvalue weighted by Gasteiger charge is -2.07. The van der Waals surface area contributed by atoms with Crippen molar-refractivity contribution in [1.29, 1.82) is 0 Å². The van der Waals surface area contributed by atoms with E-state index in [4.69, 9.17) is 11.5 Å². The lowest BCUT2D eigenvalue weighted by molar-refractivity contribution is 0.100. The molecular weight excluding hydrogens is 248 g/mol. The molecule has 0 atom stereocenters. The molecule has 3 nitrogen and oxygen atoms in total. The number of carbonyl (C=O) groups is 1. The molecule has 4 N–H and O–H groups in total. The summed E-state index contributed by atoms with van der Waals surface area (Å²) in [5, 5.41) is 0. The van der Waals surface area contributed by atoms with Gasteiger partial charge in [0.15, 0.2) is 0 Å². The van der Waals surface area contributed by atoms with Crippen LogP contribution in [-0.2, 0) is 6.42 Å². The number of hydrogen-bond acceptors (Lipinski definition) is 2. The van der Waals surface area contributed by atoms with E-state index in [1.165, 1.54) is 11.1 Å². The zero-order valence-corrected chi connectivity index (χ0v) is 12.6. The summed E-state index contributed by atoms with van der Waals surface area (Å²) in [6, 6.07) is 5.41. The van der Waals surface area contributed by atoms with Gasteiger partial charge in [0.25, 0.3) is 5.91 Å². The van der Waals surface area contributed by atoms with Crippen LogP contribution < -0.4 is 11.5 Å². The molecule has 0 saturated carbocycles. The Hall–Kier alpha value is -2.03. The molecular formula is C17H24N2O. The molecule has 1 aromatic carbocycles. The van der Waals surface area contributed by atoms with Crippen molar-refractivity contribution in [3.8, 4) is 0 Å². The van der Waals surface area contributed by atoms with Crippen molar-refractivity contribution in [1.82, 2.24) is 0 Å². The molecule has 0 saturated heterocycles. The van der Waals surface area contributed by atoms with Gasteiger partial charge in [-0.3, -0.25) is 4.79 Å². The Morgan fingerprint density at radius 3 is 2.50 bits per heavy atom. The predicted octanol–water partition coefficient (Wildman–Crippen LogP) is 3.60. The first-order valence-corrected chi connectivity index (χ1v) is 6.88. The maximum absolute atomic E-state index is 11.2. The summed E-state index contributed by atoms with van der Waals surface area (Å²) in [5.74, 6) is -0.478. The maximum Gasteiger partial charge on any atom is 0.250 e. The van der Waals surface area contributed by atoms with Crippen LogP contribution in [0.3, 0.4) is 0 Å². The molecule has 0 aromatic heterocycles. The van der Waals surface area contributed by atoms with Crippen LogP contribution in [-0.4, -0.2) is 5.91 Å². The molecule has 1 aromatic rings. The fourth-order valence-electron chi connectivity index (χ4n) is 1.98. The van der Waals surface area contributed by atoms with Crippen LogP contribution in [0.5, 0.6) is 0 Å². The fourth-order valence-corrected chi connectivity index (χ4v) is 1.98. The zero-order chi connectivity index (χ0) is 15.1.